The van der Waals surface area contributed by atoms with Crippen LogP contribution in [0, 0.1) is 5.41 Å². The van der Waals surface area contributed by atoms with E-state index in [1.807, 2.05) is 18.3 Å². The number of fused-ring (bicyclic) bond motifs is 1. The molecule has 6 heteroatoms. The number of carbonyl (C=O) groups is 1. The van der Waals surface area contributed by atoms with Crippen LogP contribution in [0.1, 0.15) is 15.9 Å². The van der Waals surface area contributed by atoms with E-state index in [2.05, 4.69) is 39.6 Å². The summed E-state index contributed by atoms with van der Waals surface area (Å²) < 4.78 is 1.81. The van der Waals surface area contributed by atoms with E-state index in [0.717, 1.165) is 17.6 Å². The molecule has 1 aromatic heterocycles. The highest BCUT2D eigenvalue weighted by Gasteiger charge is 2.46. The van der Waals surface area contributed by atoms with Crippen molar-refractivity contribution in [3.05, 3.63) is 59.8 Å². The number of amides is 1. The predicted molar refractivity (Wildman–Crippen MR) is 100 cm³/mol. The maximum Gasteiger partial charge on any atom is 0.250 e. The van der Waals surface area contributed by atoms with Crippen molar-refractivity contribution in [3.63, 3.8) is 0 Å². The predicted octanol–water partition coefficient (Wildman–Crippen LogP) is 1.53. The van der Waals surface area contributed by atoms with Crippen LogP contribution in [0.15, 0.2) is 48.7 Å². The second-order valence-corrected chi connectivity index (χ2v) is 7.60. The topological polar surface area (TPSA) is 76.2 Å². The zero-order valence-corrected chi connectivity index (χ0v) is 14.5. The normalized spacial score (nSPS) is 18.6. The van der Waals surface area contributed by atoms with E-state index in [1.165, 1.54) is 31.7 Å². The fourth-order valence-electron chi connectivity index (χ4n) is 4.11. The molecule has 1 spiro atoms. The Morgan fingerprint density at radius 1 is 1.15 bits per heavy atom. The van der Waals surface area contributed by atoms with Crippen LogP contribution >= 0.6 is 0 Å². The minimum atomic E-state index is -0.454. The zero-order chi connectivity index (χ0) is 17.7. The third-order valence-electron chi connectivity index (χ3n) is 5.53. The number of likely N-dealkylation sites (tertiary alicyclic amines) is 1. The first-order valence-electron chi connectivity index (χ1n) is 8.93. The molecule has 2 fully saturated rings. The van der Waals surface area contributed by atoms with Crippen molar-refractivity contribution in [2.24, 2.45) is 11.1 Å². The van der Waals surface area contributed by atoms with Crippen molar-refractivity contribution in [3.8, 4) is 5.69 Å². The lowest BCUT2D eigenvalue weighted by Gasteiger charge is -2.56. The summed E-state index contributed by atoms with van der Waals surface area (Å²) in [4.78, 5) is 14.1. The quantitative estimate of drug-likeness (QED) is 0.750. The Morgan fingerprint density at radius 2 is 1.92 bits per heavy atom. The summed E-state index contributed by atoms with van der Waals surface area (Å²) >= 11 is 0. The highest BCUT2D eigenvalue weighted by atomic mass is 16.1. The molecule has 1 amide bonds. The number of nitrogens with two attached hydrogens (primary N) is 1. The van der Waals surface area contributed by atoms with Gasteiger partial charge < -0.3 is 11.1 Å². The van der Waals surface area contributed by atoms with E-state index in [0.29, 0.717) is 16.5 Å². The molecule has 0 unspecified atom stereocenters. The van der Waals surface area contributed by atoms with Gasteiger partial charge in [-0.3, -0.25) is 9.69 Å². The van der Waals surface area contributed by atoms with Crippen molar-refractivity contribution < 1.29 is 4.79 Å². The molecular weight excluding hydrogens is 326 g/mol. The van der Waals surface area contributed by atoms with Crippen LogP contribution in [-0.4, -0.2) is 46.8 Å². The smallest absolute Gasteiger partial charge is 0.250 e. The number of nitrogens with zero attached hydrogens (tertiary/aromatic N) is 3. The van der Waals surface area contributed by atoms with E-state index < -0.39 is 5.91 Å². The summed E-state index contributed by atoms with van der Waals surface area (Å²) in [6.07, 6.45) is 1.93. The Balaban J connectivity index is 1.35. The molecule has 6 nitrogen and oxygen atoms in total. The maximum absolute atomic E-state index is 11.6. The lowest BCUT2D eigenvalue weighted by Crippen LogP contribution is -2.70. The number of nitrogens with one attached hydrogen (secondary N) is 1. The highest BCUT2D eigenvalue weighted by Crippen LogP contribution is 2.34. The largest absolute Gasteiger partial charge is 0.366 e. The number of aromatic nitrogens is 2. The van der Waals surface area contributed by atoms with Gasteiger partial charge in [0.1, 0.15) is 5.52 Å². The van der Waals surface area contributed by atoms with Crippen LogP contribution in [0.3, 0.4) is 0 Å². The SMILES string of the molecule is NC(=O)c1cccc2cn(-c3ccc(CN4CC5(CNC5)C4)cc3)nc12. The molecule has 3 heterocycles. The zero-order valence-electron chi connectivity index (χ0n) is 14.5. The van der Waals surface area contributed by atoms with Crippen molar-refractivity contribution >= 4 is 16.8 Å². The molecule has 2 aliphatic heterocycles. The molecule has 0 radical (unpaired) electrons. The molecule has 3 aromatic rings. The van der Waals surface area contributed by atoms with E-state index in [4.69, 9.17) is 5.73 Å². The average Bonchev–Trinajstić information content (AvgIpc) is 3.00. The van der Waals surface area contributed by atoms with Crippen LogP contribution in [-0.2, 0) is 6.54 Å². The van der Waals surface area contributed by atoms with Gasteiger partial charge in [-0.05, 0) is 23.8 Å². The number of primary amides is 1. The van der Waals surface area contributed by atoms with Gasteiger partial charge in [0.25, 0.3) is 5.91 Å². The molecule has 3 N–H and O–H groups in total. The lowest BCUT2D eigenvalue weighted by atomic mass is 9.74. The van der Waals surface area contributed by atoms with Crippen LogP contribution in [0.25, 0.3) is 16.6 Å². The summed E-state index contributed by atoms with van der Waals surface area (Å²) in [6, 6.07) is 13.9. The Hall–Kier alpha value is -2.70. The summed E-state index contributed by atoms with van der Waals surface area (Å²) in [5.41, 5.74) is 9.39. The highest BCUT2D eigenvalue weighted by molar-refractivity contribution is 6.04. The van der Waals surface area contributed by atoms with Crippen LogP contribution in [0.5, 0.6) is 0 Å². The summed E-state index contributed by atoms with van der Waals surface area (Å²) in [5, 5.41) is 8.84. The van der Waals surface area contributed by atoms with Crippen LogP contribution < -0.4 is 11.1 Å². The number of hydrogen-bond acceptors (Lipinski definition) is 4. The average molecular weight is 347 g/mol. The summed E-state index contributed by atoms with van der Waals surface area (Å²) in [7, 11) is 0. The number of rotatable bonds is 4. The van der Waals surface area contributed by atoms with Gasteiger partial charge in [-0.25, -0.2) is 4.68 Å². The number of carbonyl (C=O) groups excluding carboxylic acids is 1. The Kier molecular flexibility index (Phi) is 3.38. The van der Waals surface area contributed by atoms with Crippen molar-refractivity contribution in [1.82, 2.24) is 20.0 Å². The van der Waals surface area contributed by atoms with Gasteiger partial charge in [-0.15, -0.1) is 0 Å². The first kappa shape index (κ1) is 15.5. The summed E-state index contributed by atoms with van der Waals surface area (Å²) in [5.74, 6) is -0.454. The monoisotopic (exact) mass is 347 g/mol. The van der Waals surface area contributed by atoms with Gasteiger partial charge >= 0.3 is 0 Å². The van der Waals surface area contributed by atoms with Crippen molar-refractivity contribution in [2.45, 2.75) is 6.54 Å². The molecule has 0 atom stereocenters. The molecule has 0 bridgehead atoms. The van der Waals surface area contributed by atoms with E-state index in [1.54, 1.807) is 10.7 Å². The van der Waals surface area contributed by atoms with Crippen LogP contribution in [0.4, 0.5) is 0 Å². The molecular formula is C20H21N5O. The van der Waals surface area contributed by atoms with Gasteiger partial charge in [-0.1, -0.05) is 24.3 Å². The van der Waals surface area contributed by atoms with Gasteiger partial charge in [0.05, 0.1) is 11.3 Å². The standard InChI is InChI=1S/C20H21N5O/c21-19(26)17-3-1-2-15-9-25(23-18(15)17)16-6-4-14(5-7-16)8-24-12-20(13-24)10-22-11-20/h1-7,9,22H,8,10-13H2,(H2,21,26). The Bertz CT molecular complexity index is 979. The summed E-state index contributed by atoms with van der Waals surface area (Å²) in [6.45, 7) is 5.73. The molecule has 132 valence electrons. The third kappa shape index (κ3) is 2.50. The molecule has 2 aliphatic rings. The molecule has 0 saturated carbocycles. The molecule has 0 aliphatic carbocycles. The van der Waals surface area contributed by atoms with Crippen LogP contribution in [0.2, 0.25) is 0 Å². The van der Waals surface area contributed by atoms with Crippen molar-refractivity contribution in [2.75, 3.05) is 26.2 Å². The van der Waals surface area contributed by atoms with Gasteiger partial charge in [0, 0.05) is 49.7 Å². The lowest BCUT2D eigenvalue weighted by molar-refractivity contribution is -0.0444. The third-order valence-corrected chi connectivity index (χ3v) is 5.53. The van der Waals surface area contributed by atoms with E-state index in [-0.39, 0.29) is 0 Å². The Labute approximate surface area is 151 Å². The van der Waals surface area contributed by atoms with Crippen molar-refractivity contribution in [1.29, 1.82) is 0 Å². The fourth-order valence-corrected chi connectivity index (χ4v) is 4.11. The molecule has 26 heavy (non-hydrogen) atoms. The van der Waals surface area contributed by atoms with E-state index >= 15 is 0 Å². The fraction of sp³-hybridized carbons (Fsp3) is 0.300. The maximum atomic E-state index is 11.6. The Morgan fingerprint density at radius 3 is 2.58 bits per heavy atom. The molecule has 5 rings (SSSR count). The molecule has 2 saturated heterocycles. The van der Waals surface area contributed by atoms with Gasteiger partial charge in [0.15, 0.2) is 0 Å². The number of hydrogen-bond donors (Lipinski definition) is 2. The minimum absolute atomic E-state index is 0.454. The first-order chi connectivity index (χ1) is 12.6. The first-order valence-corrected chi connectivity index (χ1v) is 8.93. The van der Waals surface area contributed by atoms with E-state index in [9.17, 15) is 4.79 Å². The second-order valence-electron chi connectivity index (χ2n) is 7.60. The molecule has 2 aromatic carbocycles. The second kappa shape index (κ2) is 5.65. The minimum Gasteiger partial charge on any atom is -0.366 e. The number of benzene rings is 2. The van der Waals surface area contributed by atoms with Gasteiger partial charge in [0.2, 0.25) is 0 Å². The van der Waals surface area contributed by atoms with Gasteiger partial charge in [-0.2, -0.15) is 5.10 Å².